The molecule has 1 aromatic carbocycles. The molecule has 0 radical (unpaired) electrons. The second-order valence-corrected chi connectivity index (χ2v) is 3.39. The number of hydrogen-bond acceptors (Lipinski definition) is 4. The predicted molar refractivity (Wildman–Crippen MR) is 58.5 cm³/mol. The second kappa shape index (κ2) is 5.45. The maximum Gasteiger partial charge on any atom is 0.373 e. The Bertz CT molecular complexity index is 476. The number of halogens is 2. The number of methoxy groups -OCH3 is 1. The lowest BCUT2D eigenvalue weighted by Crippen LogP contribution is -2.08. The van der Waals surface area contributed by atoms with Crippen molar-refractivity contribution in [1.29, 1.82) is 0 Å². The summed E-state index contributed by atoms with van der Waals surface area (Å²) in [7, 11) is 1.03. The maximum atomic E-state index is 13.3. The molecule has 90 valence electrons. The molecule has 0 aliphatic rings. The molecule has 0 aliphatic heterocycles. The summed E-state index contributed by atoms with van der Waals surface area (Å²) in [5.41, 5.74) is -0.412. The molecule has 0 saturated carbocycles. The fourth-order valence-corrected chi connectivity index (χ4v) is 1.35. The van der Waals surface area contributed by atoms with Gasteiger partial charge in [-0.1, -0.05) is 17.7 Å². The van der Waals surface area contributed by atoms with E-state index in [0.29, 0.717) is 6.08 Å². The molecule has 0 aliphatic carbocycles. The molecule has 1 aromatic rings. The zero-order valence-electron chi connectivity index (χ0n) is 8.74. The first-order valence-corrected chi connectivity index (χ1v) is 4.82. The average Bonchev–Trinajstić information content (AvgIpc) is 2.27. The number of esters is 1. The van der Waals surface area contributed by atoms with Gasteiger partial charge in [0.25, 0.3) is 0 Å². The van der Waals surface area contributed by atoms with Crippen molar-refractivity contribution in [1.82, 2.24) is 0 Å². The van der Waals surface area contributed by atoms with Gasteiger partial charge in [-0.25, -0.2) is 9.18 Å². The molecule has 0 aromatic heterocycles. The van der Waals surface area contributed by atoms with E-state index >= 15 is 0 Å². The molecule has 1 N–H and O–H groups in total. The van der Waals surface area contributed by atoms with Gasteiger partial charge in [-0.3, -0.25) is 4.79 Å². The summed E-state index contributed by atoms with van der Waals surface area (Å²) in [6.07, 6.45) is 0.552. The number of ketones is 1. The molecule has 0 fully saturated rings. The van der Waals surface area contributed by atoms with Gasteiger partial charge in [-0.2, -0.15) is 0 Å². The topological polar surface area (TPSA) is 63.6 Å². The summed E-state index contributed by atoms with van der Waals surface area (Å²) >= 11 is 5.63. The highest BCUT2D eigenvalue weighted by Crippen LogP contribution is 2.20. The third-order valence-electron chi connectivity index (χ3n) is 1.87. The molecule has 0 atom stereocenters. The van der Waals surface area contributed by atoms with Gasteiger partial charge in [0.15, 0.2) is 5.78 Å². The molecule has 17 heavy (non-hydrogen) atoms. The summed E-state index contributed by atoms with van der Waals surface area (Å²) in [4.78, 5) is 22.4. The highest BCUT2D eigenvalue weighted by Gasteiger charge is 2.17. The molecule has 4 nitrogen and oxygen atoms in total. The van der Waals surface area contributed by atoms with Crippen LogP contribution in [0.1, 0.15) is 10.4 Å². The van der Waals surface area contributed by atoms with Crippen molar-refractivity contribution in [3.8, 4) is 0 Å². The minimum atomic E-state index is -1.09. The van der Waals surface area contributed by atoms with Crippen LogP contribution in [-0.4, -0.2) is 24.0 Å². The molecular formula is C11H8ClFO4. The maximum absolute atomic E-state index is 13.3. The van der Waals surface area contributed by atoms with Gasteiger partial charge in [-0.05, 0) is 12.1 Å². The highest BCUT2D eigenvalue weighted by atomic mass is 35.5. The summed E-state index contributed by atoms with van der Waals surface area (Å²) < 4.78 is 17.5. The molecule has 0 heterocycles. The SMILES string of the molecule is COC(=O)/C(O)=C/C(=O)c1c(F)cccc1Cl. The Morgan fingerprint density at radius 3 is 2.65 bits per heavy atom. The van der Waals surface area contributed by atoms with Gasteiger partial charge in [0.05, 0.1) is 17.7 Å². The number of rotatable bonds is 3. The normalized spacial score (nSPS) is 11.1. The first-order valence-electron chi connectivity index (χ1n) is 4.44. The quantitative estimate of drug-likeness (QED) is 0.391. The fourth-order valence-electron chi connectivity index (χ4n) is 1.09. The Morgan fingerprint density at radius 2 is 2.12 bits per heavy atom. The number of benzene rings is 1. The van der Waals surface area contributed by atoms with E-state index in [0.717, 1.165) is 13.2 Å². The zero-order valence-corrected chi connectivity index (χ0v) is 9.49. The van der Waals surface area contributed by atoms with Gasteiger partial charge in [0.2, 0.25) is 5.76 Å². The first kappa shape index (κ1) is 13.2. The summed E-state index contributed by atoms with van der Waals surface area (Å²) in [5.74, 6) is -3.77. The zero-order chi connectivity index (χ0) is 13.0. The van der Waals surface area contributed by atoms with Gasteiger partial charge >= 0.3 is 5.97 Å². The van der Waals surface area contributed by atoms with E-state index < -0.39 is 28.9 Å². The van der Waals surface area contributed by atoms with Crippen LogP contribution in [-0.2, 0) is 9.53 Å². The van der Waals surface area contributed by atoms with Crippen LogP contribution in [0, 0.1) is 5.82 Å². The summed E-state index contributed by atoms with van der Waals surface area (Å²) in [6.45, 7) is 0. The second-order valence-electron chi connectivity index (χ2n) is 2.98. The van der Waals surface area contributed by atoms with Gasteiger partial charge in [0.1, 0.15) is 5.82 Å². The lowest BCUT2D eigenvalue weighted by molar-refractivity contribution is -0.139. The monoisotopic (exact) mass is 258 g/mol. The molecule has 6 heteroatoms. The number of allylic oxidation sites excluding steroid dienone is 1. The summed E-state index contributed by atoms with van der Waals surface area (Å²) in [6, 6.07) is 3.70. The minimum Gasteiger partial charge on any atom is -0.502 e. The fraction of sp³-hybridized carbons (Fsp3) is 0.0909. The van der Waals surface area contributed by atoms with E-state index in [1.54, 1.807) is 0 Å². The van der Waals surface area contributed by atoms with Crippen LogP contribution in [0.3, 0.4) is 0 Å². The van der Waals surface area contributed by atoms with Crippen molar-refractivity contribution in [3.05, 3.63) is 46.4 Å². The lowest BCUT2D eigenvalue weighted by Gasteiger charge is -2.02. The Kier molecular flexibility index (Phi) is 4.23. The van der Waals surface area contributed by atoms with Gasteiger partial charge in [-0.15, -0.1) is 0 Å². The Hall–Kier alpha value is -1.88. The van der Waals surface area contributed by atoms with Crippen LogP contribution < -0.4 is 0 Å². The van der Waals surface area contributed by atoms with Crippen LogP contribution in [0.4, 0.5) is 4.39 Å². The van der Waals surface area contributed by atoms with Crippen molar-refractivity contribution in [2.24, 2.45) is 0 Å². The Balaban J connectivity index is 3.10. The van der Waals surface area contributed by atoms with Crippen LogP contribution in [0.2, 0.25) is 5.02 Å². The Labute approximate surface area is 101 Å². The van der Waals surface area contributed by atoms with Crippen molar-refractivity contribution in [2.75, 3.05) is 7.11 Å². The average molecular weight is 259 g/mol. The third-order valence-corrected chi connectivity index (χ3v) is 2.19. The van der Waals surface area contributed by atoms with Crippen LogP contribution >= 0.6 is 11.6 Å². The molecular weight excluding hydrogens is 251 g/mol. The molecule has 0 amide bonds. The van der Waals surface area contributed by atoms with E-state index in [4.69, 9.17) is 16.7 Å². The standard InChI is InChI=1S/C11H8ClFO4/c1-17-11(16)9(15)5-8(14)10-6(12)3-2-4-7(10)13/h2-5,15H,1H3/b9-5-. The van der Waals surface area contributed by atoms with Crippen LogP contribution in [0.15, 0.2) is 30.0 Å². The van der Waals surface area contributed by atoms with E-state index in [1.807, 2.05) is 0 Å². The van der Waals surface area contributed by atoms with Crippen molar-refractivity contribution < 1.29 is 23.8 Å². The number of hydrogen-bond donors (Lipinski definition) is 1. The van der Waals surface area contributed by atoms with E-state index in [9.17, 15) is 14.0 Å². The first-order chi connectivity index (χ1) is 7.97. The lowest BCUT2D eigenvalue weighted by atomic mass is 10.1. The molecule has 0 bridgehead atoms. The highest BCUT2D eigenvalue weighted by molar-refractivity contribution is 6.34. The largest absolute Gasteiger partial charge is 0.502 e. The van der Waals surface area contributed by atoms with E-state index in [1.165, 1.54) is 12.1 Å². The number of aliphatic hydroxyl groups is 1. The van der Waals surface area contributed by atoms with Crippen molar-refractivity contribution in [2.45, 2.75) is 0 Å². The molecule has 0 spiro atoms. The summed E-state index contributed by atoms with van der Waals surface area (Å²) in [5, 5.41) is 9.02. The smallest absolute Gasteiger partial charge is 0.373 e. The van der Waals surface area contributed by atoms with Gasteiger partial charge < -0.3 is 9.84 Å². The minimum absolute atomic E-state index is 0.107. The third kappa shape index (κ3) is 3.04. The van der Waals surface area contributed by atoms with E-state index in [-0.39, 0.29) is 5.02 Å². The van der Waals surface area contributed by atoms with Crippen LogP contribution in [0.5, 0.6) is 0 Å². The van der Waals surface area contributed by atoms with Crippen molar-refractivity contribution in [3.63, 3.8) is 0 Å². The van der Waals surface area contributed by atoms with Crippen molar-refractivity contribution >= 4 is 23.4 Å². The number of carbonyl (C=O) groups excluding carboxylic acids is 2. The van der Waals surface area contributed by atoms with E-state index in [2.05, 4.69) is 4.74 Å². The number of carbonyl (C=O) groups is 2. The predicted octanol–water partition coefficient (Wildman–Crippen LogP) is 2.28. The molecule has 0 unspecified atom stereocenters. The molecule has 1 rings (SSSR count). The van der Waals surface area contributed by atoms with Crippen LogP contribution in [0.25, 0.3) is 0 Å². The van der Waals surface area contributed by atoms with Gasteiger partial charge in [0, 0.05) is 6.08 Å². The molecule has 0 saturated heterocycles. The number of ether oxygens (including phenoxy) is 1. The Morgan fingerprint density at radius 1 is 1.47 bits per heavy atom. The number of aliphatic hydroxyl groups excluding tert-OH is 1.